The summed E-state index contributed by atoms with van der Waals surface area (Å²) in [5, 5.41) is 1.02. The minimum atomic E-state index is -0.171. The lowest BCUT2D eigenvalue weighted by atomic mass is 10.4. The third-order valence-corrected chi connectivity index (χ3v) is 3.91. The van der Waals surface area contributed by atoms with Crippen molar-refractivity contribution < 1.29 is 0 Å². The predicted molar refractivity (Wildman–Crippen MR) is 51.5 cm³/mol. The summed E-state index contributed by atoms with van der Waals surface area (Å²) >= 11 is 4.95. The van der Waals surface area contributed by atoms with E-state index in [0.717, 1.165) is 23.7 Å². The van der Waals surface area contributed by atoms with E-state index >= 15 is 0 Å². The number of halogens is 1. The van der Waals surface area contributed by atoms with Crippen LogP contribution >= 0.6 is 27.7 Å². The number of thioether (sulfide) groups is 1. The number of fused-ring (bicyclic) bond motifs is 1. The third kappa shape index (κ3) is 1.31. The summed E-state index contributed by atoms with van der Waals surface area (Å²) in [5.41, 5.74) is -0.171. The first-order chi connectivity index (χ1) is 5.79. The van der Waals surface area contributed by atoms with Gasteiger partial charge in [-0.2, -0.15) is 4.98 Å². The molecule has 1 aliphatic heterocycles. The molecule has 1 aliphatic rings. The summed E-state index contributed by atoms with van der Waals surface area (Å²) in [6.07, 6.45) is 2.77. The van der Waals surface area contributed by atoms with Crippen molar-refractivity contribution in [1.29, 1.82) is 0 Å². The molecule has 0 fully saturated rings. The molecule has 12 heavy (non-hydrogen) atoms. The van der Waals surface area contributed by atoms with Crippen LogP contribution in [0.4, 0.5) is 0 Å². The molecule has 2 rings (SSSR count). The molecular formula is C7H7BrN2OS. The topological polar surface area (TPSA) is 34.9 Å². The molecule has 3 nitrogen and oxygen atoms in total. The van der Waals surface area contributed by atoms with Gasteiger partial charge >= 0.3 is 0 Å². The van der Waals surface area contributed by atoms with Crippen LogP contribution in [0.5, 0.6) is 0 Å². The summed E-state index contributed by atoms with van der Waals surface area (Å²) in [5.74, 6) is 1.09. The highest BCUT2D eigenvalue weighted by Gasteiger charge is 2.13. The highest BCUT2D eigenvalue weighted by molar-refractivity contribution is 9.10. The Morgan fingerprint density at radius 2 is 2.50 bits per heavy atom. The van der Waals surface area contributed by atoms with Crippen molar-refractivity contribution >= 4 is 27.7 Å². The number of aryl methyl sites for hydroxylation is 1. The fraction of sp³-hybridized carbons (Fsp3) is 0.429. The molecule has 1 aromatic heterocycles. The monoisotopic (exact) mass is 246 g/mol. The molecule has 1 aromatic rings. The number of rotatable bonds is 0. The molecule has 5 heteroatoms. The second kappa shape index (κ2) is 3.22. The smallest absolute Gasteiger partial charge is 0.288 e. The van der Waals surface area contributed by atoms with Gasteiger partial charge in [0.25, 0.3) is 5.56 Å². The van der Waals surface area contributed by atoms with Crippen LogP contribution in [-0.4, -0.2) is 15.3 Å². The van der Waals surface area contributed by atoms with E-state index in [9.17, 15) is 4.79 Å². The highest BCUT2D eigenvalue weighted by atomic mass is 79.9. The lowest BCUT2D eigenvalue weighted by Crippen LogP contribution is -2.17. The first-order valence-corrected chi connectivity index (χ1v) is 5.44. The van der Waals surface area contributed by atoms with Crippen molar-refractivity contribution in [3.63, 3.8) is 0 Å². The van der Waals surface area contributed by atoms with E-state index in [4.69, 9.17) is 0 Å². The standard InChI is InChI=1S/C7H7BrN2OS/c8-5-6(11)9-4-10-2-1-3-12-7(5)10/h4H,1-3H2. The zero-order chi connectivity index (χ0) is 8.55. The van der Waals surface area contributed by atoms with Gasteiger partial charge in [-0.25, -0.2) is 0 Å². The van der Waals surface area contributed by atoms with Gasteiger partial charge in [-0.15, -0.1) is 11.8 Å². The maximum Gasteiger partial charge on any atom is 0.288 e. The third-order valence-electron chi connectivity index (χ3n) is 1.73. The Labute approximate surface area is 82.3 Å². The summed E-state index contributed by atoms with van der Waals surface area (Å²) in [6, 6.07) is 0. The second-order valence-electron chi connectivity index (χ2n) is 2.56. The van der Waals surface area contributed by atoms with E-state index in [0.29, 0.717) is 4.47 Å². The molecule has 0 atom stereocenters. The van der Waals surface area contributed by atoms with Crippen LogP contribution in [0.15, 0.2) is 20.6 Å². The molecule has 0 bridgehead atoms. The van der Waals surface area contributed by atoms with Crippen LogP contribution in [-0.2, 0) is 6.54 Å². The average Bonchev–Trinajstić information content (AvgIpc) is 2.12. The van der Waals surface area contributed by atoms with E-state index in [1.165, 1.54) is 0 Å². The van der Waals surface area contributed by atoms with Gasteiger partial charge in [0.05, 0.1) is 11.4 Å². The number of nitrogens with zero attached hydrogens (tertiary/aromatic N) is 2. The molecule has 0 spiro atoms. The molecule has 0 saturated carbocycles. The largest absolute Gasteiger partial charge is 0.326 e. The number of aromatic nitrogens is 2. The van der Waals surface area contributed by atoms with E-state index < -0.39 is 0 Å². The van der Waals surface area contributed by atoms with Crippen LogP contribution in [0.1, 0.15) is 6.42 Å². The molecule has 0 aliphatic carbocycles. The van der Waals surface area contributed by atoms with E-state index in [1.54, 1.807) is 18.1 Å². The van der Waals surface area contributed by atoms with Crippen LogP contribution < -0.4 is 5.56 Å². The molecule has 2 heterocycles. The van der Waals surface area contributed by atoms with E-state index in [-0.39, 0.29) is 5.56 Å². The van der Waals surface area contributed by atoms with Crippen molar-refractivity contribution in [2.45, 2.75) is 18.0 Å². The van der Waals surface area contributed by atoms with Crippen molar-refractivity contribution in [1.82, 2.24) is 9.55 Å². The fourth-order valence-corrected chi connectivity index (χ4v) is 2.82. The summed E-state index contributed by atoms with van der Waals surface area (Å²) in [4.78, 5) is 14.8. The fourth-order valence-electron chi connectivity index (χ4n) is 1.16. The van der Waals surface area contributed by atoms with Crippen LogP contribution in [0, 0.1) is 0 Å². The predicted octanol–water partition coefficient (Wildman–Crippen LogP) is 1.50. The SMILES string of the molecule is O=c1ncn2c(c1Br)SCCC2. The second-order valence-corrected chi connectivity index (χ2v) is 4.44. The van der Waals surface area contributed by atoms with Gasteiger partial charge in [-0.3, -0.25) is 4.79 Å². The molecular weight excluding hydrogens is 240 g/mol. The summed E-state index contributed by atoms with van der Waals surface area (Å²) in [6.45, 7) is 0.966. The Kier molecular flexibility index (Phi) is 2.23. The molecule has 0 N–H and O–H groups in total. The minimum Gasteiger partial charge on any atom is -0.326 e. The van der Waals surface area contributed by atoms with Crippen LogP contribution in [0.2, 0.25) is 0 Å². The van der Waals surface area contributed by atoms with Crippen LogP contribution in [0.25, 0.3) is 0 Å². The average molecular weight is 247 g/mol. The number of hydrogen-bond acceptors (Lipinski definition) is 3. The van der Waals surface area contributed by atoms with Crippen LogP contribution in [0.3, 0.4) is 0 Å². The van der Waals surface area contributed by atoms with Gasteiger partial charge in [0.1, 0.15) is 4.47 Å². The van der Waals surface area contributed by atoms with Gasteiger partial charge in [0.15, 0.2) is 0 Å². The Morgan fingerprint density at radius 3 is 3.33 bits per heavy atom. The van der Waals surface area contributed by atoms with Crippen molar-refractivity contribution in [2.75, 3.05) is 5.75 Å². The van der Waals surface area contributed by atoms with Crippen molar-refractivity contribution in [3.8, 4) is 0 Å². The Bertz CT molecular complexity index is 363. The first-order valence-electron chi connectivity index (χ1n) is 3.67. The van der Waals surface area contributed by atoms with Gasteiger partial charge in [0.2, 0.25) is 0 Å². The molecule has 0 aromatic carbocycles. The Hall–Kier alpha value is -0.290. The maximum atomic E-state index is 11.1. The first kappa shape index (κ1) is 8.31. The van der Waals surface area contributed by atoms with Crippen molar-refractivity contribution in [3.05, 3.63) is 21.2 Å². The maximum absolute atomic E-state index is 11.1. The zero-order valence-electron chi connectivity index (χ0n) is 6.29. The summed E-state index contributed by atoms with van der Waals surface area (Å²) < 4.78 is 2.62. The minimum absolute atomic E-state index is 0.171. The molecule has 0 amide bonds. The molecule has 0 unspecified atom stereocenters. The Morgan fingerprint density at radius 1 is 1.67 bits per heavy atom. The summed E-state index contributed by atoms with van der Waals surface area (Å²) in [7, 11) is 0. The lowest BCUT2D eigenvalue weighted by Gasteiger charge is -2.17. The molecule has 64 valence electrons. The van der Waals surface area contributed by atoms with Gasteiger partial charge in [-0.05, 0) is 22.4 Å². The van der Waals surface area contributed by atoms with Gasteiger partial charge in [0, 0.05) is 12.3 Å². The Balaban J connectivity index is 2.61. The quantitative estimate of drug-likeness (QED) is 0.651. The van der Waals surface area contributed by atoms with E-state index in [1.807, 2.05) is 4.57 Å². The normalized spacial score (nSPS) is 15.8. The lowest BCUT2D eigenvalue weighted by molar-refractivity contribution is 0.588. The number of hydrogen-bond donors (Lipinski definition) is 0. The van der Waals surface area contributed by atoms with Gasteiger partial charge < -0.3 is 4.57 Å². The zero-order valence-corrected chi connectivity index (χ0v) is 8.69. The highest BCUT2D eigenvalue weighted by Crippen LogP contribution is 2.28. The van der Waals surface area contributed by atoms with Gasteiger partial charge in [-0.1, -0.05) is 0 Å². The van der Waals surface area contributed by atoms with E-state index in [2.05, 4.69) is 20.9 Å². The molecule has 0 radical (unpaired) electrons. The molecule has 0 saturated heterocycles. The van der Waals surface area contributed by atoms with Crippen molar-refractivity contribution in [2.24, 2.45) is 0 Å².